The Morgan fingerprint density at radius 1 is 1.27 bits per heavy atom. The van der Waals surface area contributed by atoms with Crippen molar-refractivity contribution < 1.29 is 4.74 Å². The molecule has 0 atom stereocenters. The Hall–Kier alpha value is -1.02. The van der Waals surface area contributed by atoms with E-state index in [0.717, 1.165) is 31.9 Å². The summed E-state index contributed by atoms with van der Waals surface area (Å²) < 4.78 is 5.79. The zero-order valence-electron chi connectivity index (χ0n) is 13.3. The number of nitrogens with two attached hydrogens (primary N) is 1. The van der Waals surface area contributed by atoms with Gasteiger partial charge < -0.3 is 15.8 Å². The summed E-state index contributed by atoms with van der Waals surface area (Å²) in [5.41, 5.74) is 6.85. The van der Waals surface area contributed by atoms with E-state index in [2.05, 4.69) is 27.3 Å². The number of nitrogens with one attached hydrogen (secondary N) is 1. The van der Waals surface area contributed by atoms with Gasteiger partial charge in [-0.25, -0.2) is 0 Å². The van der Waals surface area contributed by atoms with E-state index in [1.165, 1.54) is 31.5 Å². The van der Waals surface area contributed by atoms with Crippen molar-refractivity contribution in [1.82, 2.24) is 10.2 Å². The van der Waals surface area contributed by atoms with Crippen molar-refractivity contribution in [3.63, 3.8) is 0 Å². The van der Waals surface area contributed by atoms with Crippen molar-refractivity contribution >= 4 is 29.9 Å². The number of halogens is 1. The van der Waals surface area contributed by atoms with Gasteiger partial charge in [-0.2, -0.15) is 0 Å². The predicted molar refractivity (Wildman–Crippen MR) is 102 cm³/mol. The van der Waals surface area contributed by atoms with Crippen LogP contribution in [0.5, 0.6) is 5.75 Å². The molecule has 1 fully saturated rings. The molecule has 0 saturated carbocycles. The summed E-state index contributed by atoms with van der Waals surface area (Å²) in [6.07, 6.45) is 3.58. The summed E-state index contributed by atoms with van der Waals surface area (Å²) in [5.74, 6) is 1.43. The third kappa shape index (κ3) is 6.83. The fourth-order valence-corrected chi connectivity index (χ4v) is 2.47. The maximum Gasteiger partial charge on any atom is 0.188 e. The number of guanidine groups is 1. The van der Waals surface area contributed by atoms with E-state index < -0.39 is 0 Å². The highest BCUT2D eigenvalue weighted by molar-refractivity contribution is 14.0. The Bertz CT molecular complexity index is 444. The number of benzene rings is 1. The number of hydrogen-bond donors (Lipinski definition) is 2. The average molecular weight is 418 g/mol. The topological polar surface area (TPSA) is 62.9 Å². The third-order valence-electron chi connectivity index (χ3n) is 3.76. The van der Waals surface area contributed by atoms with E-state index in [1.54, 1.807) is 7.05 Å². The number of nitrogens with zero attached hydrogens (tertiary/aromatic N) is 2. The van der Waals surface area contributed by atoms with Gasteiger partial charge in [0, 0.05) is 20.1 Å². The summed E-state index contributed by atoms with van der Waals surface area (Å²) in [7, 11) is 1.68. The molecular formula is C16H27IN4O. The highest BCUT2D eigenvalue weighted by Gasteiger charge is 2.10. The maximum absolute atomic E-state index is 5.79. The molecular weight excluding hydrogens is 391 g/mol. The van der Waals surface area contributed by atoms with Crippen molar-refractivity contribution in [1.29, 1.82) is 0 Å². The Kier molecular flexibility index (Phi) is 9.22. The summed E-state index contributed by atoms with van der Waals surface area (Å²) in [6.45, 7) is 5.03. The minimum atomic E-state index is 0. The molecule has 1 saturated heterocycles. The van der Waals surface area contributed by atoms with Crippen LogP contribution in [0, 0.1) is 0 Å². The third-order valence-corrected chi connectivity index (χ3v) is 3.76. The molecule has 2 rings (SSSR count). The van der Waals surface area contributed by atoms with E-state index in [9.17, 15) is 0 Å². The fraction of sp³-hybridized carbons (Fsp3) is 0.562. The molecule has 1 aliphatic heterocycles. The quantitative estimate of drug-likeness (QED) is 0.403. The van der Waals surface area contributed by atoms with E-state index in [0.29, 0.717) is 5.96 Å². The number of ether oxygens (including phenoxy) is 1. The number of aliphatic imine (C=N–C) groups is 1. The van der Waals surface area contributed by atoms with Gasteiger partial charge in [0.25, 0.3) is 0 Å². The summed E-state index contributed by atoms with van der Waals surface area (Å²) in [4.78, 5) is 6.32. The molecule has 3 N–H and O–H groups in total. The minimum absolute atomic E-state index is 0. The van der Waals surface area contributed by atoms with Gasteiger partial charge in [-0.15, -0.1) is 24.0 Å². The lowest BCUT2D eigenvalue weighted by Crippen LogP contribution is -2.32. The molecule has 1 aliphatic rings. The molecule has 22 heavy (non-hydrogen) atoms. The van der Waals surface area contributed by atoms with E-state index in [1.807, 2.05) is 12.1 Å². The molecule has 0 aromatic heterocycles. The second-order valence-electron chi connectivity index (χ2n) is 5.33. The first kappa shape index (κ1) is 19.0. The van der Waals surface area contributed by atoms with Gasteiger partial charge >= 0.3 is 0 Å². The second-order valence-corrected chi connectivity index (χ2v) is 5.33. The lowest BCUT2D eigenvalue weighted by atomic mass is 10.1. The average Bonchev–Trinajstić information content (AvgIpc) is 3.02. The van der Waals surface area contributed by atoms with Crippen LogP contribution in [0.1, 0.15) is 18.4 Å². The highest BCUT2D eigenvalue weighted by Crippen LogP contribution is 2.13. The smallest absolute Gasteiger partial charge is 0.188 e. The predicted octanol–water partition coefficient (Wildman–Crippen LogP) is 1.86. The van der Waals surface area contributed by atoms with Gasteiger partial charge in [-0.05, 0) is 50.0 Å². The lowest BCUT2D eigenvalue weighted by molar-refractivity contribution is 0.238. The first-order valence-electron chi connectivity index (χ1n) is 7.68. The summed E-state index contributed by atoms with van der Waals surface area (Å²) in [6, 6.07) is 8.28. The van der Waals surface area contributed by atoms with Gasteiger partial charge in [-0.1, -0.05) is 12.1 Å². The number of likely N-dealkylation sites (tertiary alicyclic amines) is 1. The van der Waals surface area contributed by atoms with Crippen LogP contribution in [0.3, 0.4) is 0 Å². The van der Waals surface area contributed by atoms with E-state index in [-0.39, 0.29) is 24.0 Å². The highest BCUT2D eigenvalue weighted by atomic mass is 127. The van der Waals surface area contributed by atoms with E-state index >= 15 is 0 Å². The Balaban J connectivity index is 0.00000242. The molecule has 0 unspecified atom stereocenters. The summed E-state index contributed by atoms with van der Waals surface area (Å²) >= 11 is 0. The van der Waals surface area contributed by atoms with Crippen molar-refractivity contribution in [3.05, 3.63) is 29.8 Å². The molecule has 1 aromatic rings. The van der Waals surface area contributed by atoms with Crippen LogP contribution in [0.4, 0.5) is 0 Å². The molecule has 1 heterocycles. The van der Waals surface area contributed by atoms with Crippen molar-refractivity contribution in [2.45, 2.75) is 19.3 Å². The SMILES string of the molecule is CN=C(N)NCCc1ccc(OCCN2CCCC2)cc1.I. The van der Waals surface area contributed by atoms with E-state index in [4.69, 9.17) is 10.5 Å². The van der Waals surface area contributed by atoms with Crippen LogP contribution in [-0.2, 0) is 6.42 Å². The molecule has 0 bridgehead atoms. The van der Waals surface area contributed by atoms with Crippen molar-refractivity contribution in [3.8, 4) is 5.75 Å². The molecule has 0 amide bonds. The maximum atomic E-state index is 5.79. The number of rotatable bonds is 7. The van der Waals surface area contributed by atoms with Gasteiger partial charge in [0.05, 0.1) is 0 Å². The van der Waals surface area contributed by atoms with Crippen molar-refractivity contribution in [2.24, 2.45) is 10.7 Å². The van der Waals surface area contributed by atoms with Crippen LogP contribution < -0.4 is 15.8 Å². The second kappa shape index (κ2) is 10.7. The van der Waals surface area contributed by atoms with Crippen LogP contribution in [0.25, 0.3) is 0 Å². The van der Waals surface area contributed by atoms with Crippen LogP contribution in [0.2, 0.25) is 0 Å². The zero-order chi connectivity index (χ0) is 14.9. The molecule has 6 heteroatoms. The first-order chi connectivity index (χ1) is 10.3. The Morgan fingerprint density at radius 3 is 2.59 bits per heavy atom. The van der Waals surface area contributed by atoms with Crippen LogP contribution in [0.15, 0.2) is 29.3 Å². The molecule has 0 aliphatic carbocycles. The van der Waals surface area contributed by atoms with Crippen LogP contribution >= 0.6 is 24.0 Å². The van der Waals surface area contributed by atoms with Gasteiger partial charge in [0.15, 0.2) is 5.96 Å². The standard InChI is InChI=1S/C16H26N4O.HI/c1-18-16(17)19-9-8-14-4-6-15(7-5-14)21-13-12-20-10-2-3-11-20;/h4-7H,2-3,8-13H2,1H3,(H3,17,18,19);1H. The lowest BCUT2D eigenvalue weighted by Gasteiger charge is -2.15. The minimum Gasteiger partial charge on any atom is -0.492 e. The zero-order valence-corrected chi connectivity index (χ0v) is 15.6. The Morgan fingerprint density at radius 2 is 1.95 bits per heavy atom. The van der Waals surface area contributed by atoms with Crippen LogP contribution in [-0.4, -0.2) is 50.7 Å². The molecule has 1 aromatic carbocycles. The molecule has 124 valence electrons. The van der Waals surface area contributed by atoms with Gasteiger partial charge in [0.1, 0.15) is 12.4 Å². The largest absolute Gasteiger partial charge is 0.492 e. The Labute approximate surface area is 150 Å². The molecule has 0 spiro atoms. The fourth-order valence-electron chi connectivity index (χ4n) is 2.47. The normalized spacial score (nSPS) is 15.4. The monoisotopic (exact) mass is 418 g/mol. The first-order valence-corrected chi connectivity index (χ1v) is 7.68. The summed E-state index contributed by atoms with van der Waals surface area (Å²) in [5, 5.41) is 3.05. The molecule has 5 nitrogen and oxygen atoms in total. The molecule has 0 radical (unpaired) electrons. The van der Waals surface area contributed by atoms with Gasteiger partial charge in [-0.3, -0.25) is 9.89 Å². The number of hydrogen-bond acceptors (Lipinski definition) is 3. The van der Waals surface area contributed by atoms with Crippen molar-refractivity contribution in [2.75, 3.05) is 39.8 Å². The van der Waals surface area contributed by atoms with Gasteiger partial charge in [0.2, 0.25) is 0 Å².